The van der Waals surface area contributed by atoms with E-state index in [-0.39, 0.29) is 12.4 Å². The summed E-state index contributed by atoms with van der Waals surface area (Å²) in [6.45, 7) is 2.08. The third kappa shape index (κ3) is 4.13. The Hall–Kier alpha value is -1.71. The van der Waals surface area contributed by atoms with Crippen molar-refractivity contribution in [2.24, 2.45) is 5.73 Å². The second kappa shape index (κ2) is 7.34. The molecule has 0 amide bonds. The zero-order valence-electron chi connectivity index (χ0n) is 11.9. The molecule has 0 aromatic heterocycles. The molecule has 0 bridgehead atoms. The number of hydrogen-bond donors (Lipinski definition) is 1. The number of ether oxygens (including phenoxy) is 1. The van der Waals surface area contributed by atoms with Gasteiger partial charge in [0.15, 0.2) is 0 Å². The maximum atomic E-state index is 5.94. The molecule has 3 rings (SSSR count). The molecule has 1 heterocycles. The molecule has 21 heavy (non-hydrogen) atoms. The Morgan fingerprint density at radius 1 is 0.857 bits per heavy atom. The summed E-state index contributed by atoms with van der Waals surface area (Å²) in [4.78, 5) is 2.38. The number of rotatable bonds is 3. The largest absolute Gasteiger partial charge is 0.457 e. The van der Waals surface area contributed by atoms with Crippen molar-refractivity contribution in [1.29, 1.82) is 0 Å². The Morgan fingerprint density at radius 2 is 1.43 bits per heavy atom. The Kier molecular flexibility index (Phi) is 5.48. The molecule has 0 spiro atoms. The van der Waals surface area contributed by atoms with Crippen molar-refractivity contribution >= 4 is 18.1 Å². The number of nitrogens with two attached hydrogens (primary N) is 1. The van der Waals surface area contributed by atoms with Crippen molar-refractivity contribution in [3.05, 3.63) is 54.6 Å². The first-order valence-corrected chi connectivity index (χ1v) is 7.15. The summed E-state index contributed by atoms with van der Waals surface area (Å²) >= 11 is 0. The zero-order valence-corrected chi connectivity index (χ0v) is 12.8. The lowest BCUT2D eigenvalue weighted by Crippen LogP contribution is -2.39. The molecule has 112 valence electrons. The van der Waals surface area contributed by atoms with Crippen LogP contribution in [0, 0.1) is 0 Å². The molecule has 1 fully saturated rings. The SMILES string of the molecule is Cl.NC1CCN(c2ccc(Oc3ccccc3)cc2)CC1. The quantitative estimate of drug-likeness (QED) is 0.936. The van der Waals surface area contributed by atoms with Crippen LogP contribution in [0.4, 0.5) is 5.69 Å². The summed E-state index contributed by atoms with van der Waals surface area (Å²) < 4.78 is 5.80. The molecule has 2 aromatic carbocycles. The van der Waals surface area contributed by atoms with Gasteiger partial charge in [0.2, 0.25) is 0 Å². The van der Waals surface area contributed by atoms with E-state index in [2.05, 4.69) is 17.0 Å². The molecule has 0 unspecified atom stereocenters. The average Bonchev–Trinajstić information content (AvgIpc) is 2.50. The number of para-hydroxylation sites is 1. The molecule has 0 saturated carbocycles. The highest BCUT2D eigenvalue weighted by Crippen LogP contribution is 2.25. The van der Waals surface area contributed by atoms with Crippen LogP contribution in [0.1, 0.15) is 12.8 Å². The van der Waals surface area contributed by atoms with Gasteiger partial charge in [0.1, 0.15) is 11.5 Å². The number of piperidine rings is 1. The normalized spacial score (nSPS) is 15.4. The molecule has 1 aliphatic heterocycles. The third-order valence-corrected chi connectivity index (χ3v) is 3.72. The van der Waals surface area contributed by atoms with E-state index in [4.69, 9.17) is 10.5 Å². The van der Waals surface area contributed by atoms with E-state index < -0.39 is 0 Å². The summed E-state index contributed by atoms with van der Waals surface area (Å²) in [6.07, 6.45) is 2.14. The highest BCUT2D eigenvalue weighted by Gasteiger charge is 2.16. The molecule has 0 radical (unpaired) electrons. The Labute approximate surface area is 132 Å². The van der Waals surface area contributed by atoms with Crippen molar-refractivity contribution in [2.45, 2.75) is 18.9 Å². The third-order valence-electron chi connectivity index (χ3n) is 3.72. The predicted octanol–water partition coefficient (Wildman–Crippen LogP) is 3.83. The zero-order chi connectivity index (χ0) is 13.8. The predicted molar refractivity (Wildman–Crippen MR) is 89.6 cm³/mol. The van der Waals surface area contributed by atoms with Gasteiger partial charge in [-0.15, -0.1) is 12.4 Å². The van der Waals surface area contributed by atoms with Crippen LogP contribution < -0.4 is 15.4 Å². The lowest BCUT2D eigenvalue weighted by Gasteiger charge is -2.32. The van der Waals surface area contributed by atoms with E-state index in [0.29, 0.717) is 6.04 Å². The minimum absolute atomic E-state index is 0. The highest BCUT2D eigenvalue weighted by atomic mass is 35.5. The summed E-state index contributed by atoms with van der Waals surface area (Å²) in [5.41, 5.74) is 7.19. The highest BCUT2D eigenvalue weighted by molar-refractivity contribution is 5.85. The molecule has 0 atom stereocenters. The molecule has 2 aromatic rings. The molecule has 2 N–H and O–H groups in total. The fraction of sp³-hybridized carbons (Fsp3) is 0.294. The van der Waals surface area contributed by atoms with Crippen LogP contribution in [0.5, 0.6) is 11.5 Å². The van der Waals surface area contributed by atoms with Crippen molar-refractivity contribution in [3.63, 3.8) is 0 Å². The van der Waals surface area contributed by atoms with Crippen LogP contribution in [0.15, 0.2) is 54.6 Å². The molecule has 0 aliphatic carbocycles. The summed E-state index contributed by atoms with van der Waals surface area (Å²) in [5, 5.41) is 0. The van der Waals surface area contributed by atoms with Gasteiger partial charge < -0.3 is 15.4 Å². The molecular weight excluding hydrogens is 284 g/mol. The van der Waals surface area contributed by atoms with E-state index in [0.717, 1.165) is 37.4 Å². The van der Waals surface area contributed by atoms with Gasteiger partial charge >= 0.3 is 0 Å². The van der Waals surface area contributed by atoms with E-state index in [1.807, 2.05) is 42.5 Å². The van der Waals surface area contributed by atoms with Gasteiger partial charge in [-0.2, -0.15) is 0 Å². The van der Waals surface area contributed by atoms with E-state index in [1.165, 1.54) is 5.69 Å². The van der Waals surface area contributed by atoms with Crippen LogP contribution in [-0.4, -0.2) is 19.1 Å². The maximum absolute atomic E-state index is 5.94. The van der Waals surface area contributed by atoms with Gasteiger partial charge in [-0.1, -0.05) is 18.2 Å². The topological polar surface area (TPSA) is 38.5 Å². The summed E-state index contributed by atoms with van der Waals surface area (Å²) in [5.74, 6) is 1.73. The smallest absolute Gasteiger partial charge is 0.127 e. The lowest BCUT2D eigenvalue weighted by atomic mass is 10.1. The van der Waals surface area contributed by atoms with Crippen molar-refractivity contribution < 1.29 is 4.74 Å². The van der Waals surface area contributed by atoms with Crippen LogP contribution >= 0.6 is 12.4 Å². The van der Waals surface area contributed by atoms with E-state index in [9.17, 15) is 0 Å². The van der Waals surface area contributed by atoms with Crippen LogP contribution in [0.25, 0.3) is 0 Å². The standard InChI is InChI=1S/C17H20N2O.ClH/c18-14-10-12-19(13-11-14)15-6-8-17(9-7-15)20-16-4-2-1-3-5-16;/h1-9,14H,10-13,18H2;1H. The maximum Gasteiger partial charge on any atom is 0.127 e. The first-order valence-electron chi connectivity index (χ1n) is 7.15. The Bertz CT molecular complexity index is 536. The van der Waals surface area contributed by atoms with Crippen LogP contribution in [0.3, 0.4) is 0 Å². The summed E-state index contributed by atoms with van der Waals surface area (Å²) in [7, 11) is 0. The van der Waals surface area contributed by atoms with Crippen molar-refractivity contribution in [2.75, 3.05) is 18.0 Å². The number of benzene rings is 2. The number of nitrogens with zero attached hydrogens (tertiary/aromatic N) is 1. The minimum Gasteiger partial charge on any atom is -0.457 e. The molecular formula is C17H21ClN2O. The molecule has 1 saturated heterocycles. The van der Waals surface area contributed by atoms with Crippen LogP contribution in [0.2, 0.25) is 0 Å². The van der Waals surface area contributed by atoms with Gasteiger partial charge in [-0.25, -0.2) is 0 Å². The number of hydrogen-bond acceptors (Lipinski definition) is 3. The second-order valence-corrected chi connectivity index (χ2v) is 5.23. The molecule has 1 aliphatic rings. The Morgan fingerprint density at radius 3 is 2.05 bits per heavy atom. The minimum atomic E-state index is 0. The van der Waals surface area contributed by atoms with Crippen molar-refractivity contribution in [1.82, 2.24) is 0 Å². The first kappa shape index (κ1) is 15.7. The van der Waals surface area contributed by atoms with Crippen molar-refractivity contribution in [3.8, 4) is 11.5 Å². The Balaban J connectivity index is 0.00000161. The first-order chi connectivity index (χ1) is 9.81. The fourth-order valence-electron chi connectivity index (χ4n) is 2.51. The van der Waals surface area contributed by atoms with Gasteiger partial charge in [-0.05, 0) is 49.2 Å². The van der Waals surface area contributed by atoms with Gasteiger partial charge in [0.25, 0.3) is 0 Å². The number of anilines is 1. The van der Waals surface area contributed by atoms with Gasteiger partial charge in [0, 0.05) is 24.8 Å². The lowest BCUT2D eigenvalue weighted by molar-refractivity contribution is 0.481. The average molecular weight is 305 g/mol. The van der Waals surface area contributed by atoms with E-state index in [1.54, 1.807) is 0 Å². The van der Waals surface area contributed by atoms with Crippen LogP contribution in [-0.2, 0) is 0 Å². The molecule has 4 heteroatoms. The fourth-order valence-corrected chi connectivity index (χ4v) is 2.51. The summed E-state index contributed by atoms with van der Waals surface area (Å²) in [6, 6.07) is 18.5. The van der Waals surface area contributed by atoms with Gasteiger partial charge in [-0.3, -0.25) is 0 Å². The monoisotopic (exact) mass is 304 g/mol. The number of halogens is 1. The van der Waals surface area contributed by atoms with E-state index >= 15 is 0 Å². The van der Waals surface area contributed by atoms with Gasteiger partial charge in [0.05, 0.1) is 0 Å². The second-order valence-electron chi connectivity index (χ2n) is 5.23. The molecule has 3 nitrogen and oxygen atoms in total.